The average molecular weight is 418 g/mol. The van der Waals surface area contributed by atoms with Gasteiger partial charge in [-0.1, -0.05) is 70.9 Å². The van der Waals surface area contributed by atoms with Crippen LogP contribution in [-0.4, -0.2) is 20.2 Å². The largest absolute Gasteiger partial charge is 0.673 e. The topological polar surface area (TPSA) is 41.3 Å². The van der Waals surface area contributed by atoms with Gasteiger partial charge in [0.05, 0.1) is 7.11 Å². The number of amidine groups is 1. The van der Waals surface area contributed by atoms with E-state index in [-0.39, 0.29) is 0 Å². The van der Waals surface area contributed by atoms with E-state index in [1.54, 1.807) is 7.11 Å². The number of nitrogens with zero attached hydrogens (tertiary/aromatic N) is 2. The van der Waals surface area contributed by atoms with Gasteiger partial charge in [-0.05, 0) is 23.3 Å². The molecule has 1 atom stereocenters. The Labute approximate surface area is 171 Å². The van der Waals surface area contributed by atoms with Crippen LogP contribution in [0.5, 0.6) is 5.75 Å². The van der Waals surface area contributed by atoms with Gasteiger partial charge in [0.15, 0.2) is 5.75 Å². The number of rotatable bonds is 4. The summed E-state index contributed by atoms with van der Waals surface area (Å²) in [5, 5.41) is 7.66. The van der Waals surface area contributed by atoms with Crippen LogP contribution in [0.3, 0.4) is 0 Å². The van der Waals surface area contributed by atoms with Gasteiger partial charge in [-0.15, -0.1) is 0 Å². The van der Waals surface area contributed by atoms with Crippen LogP contribution in [0.1, 0.15) is 5.56 Å². The zero-order chi connectivity index (χ0) is 21.6. The Balaban J connectivity index is 0.000000461. The van der Waals surface area contributed by atoms with E-state index in [2.05, 4.69) is 5.43 Å². The Bertz CT molecular complexity index is 981. The third-order valence-corrected chi connectivity index (χ3v) is 4.06. The Morgan fingerprint density at radius 3 is 1.97 bits per heavy atom. The summed E-state index contributed by atoms with van der Waals surface area (Å²) in [4.78, 5) is 0. The molecule has 4 rings (SSSR count). The van der Waals surface area contributed by atoms with Gasteiger partial charge in [-0.3, -0.25) is 0 Å². The Morgan fingerprint density at radius 2 is 1.37 bits per heavy atom. The molecule has 0 spiro atoms. The van der Waals surface area contributed by atoms with Crippen LogP contribution in [0, 0.1) is 0 Å². The molecule has 2 N–H and O–H groups in total. The molecule has 0 radical (unpaired) electrons. The SMILES string of the molecule is COc1ccccc1[NH+]1N=C(c2ccccc2)NN1c1ccccc1.F[B-](F)(F)F. The van der Waals surface area contributed by atoms with E-state index in [0.717, 1.165) is 33.6 Å². The molecule has 3 aromatic carbocycles. The highest BCUT2D eigenvalue weighted by atomic mass is 19.5. The van der Waals surface area contributed by atoms with Crippen molar-refractivity contribution in [2.75, 3.05) is 12.2 Å². The molecule has 0 aliphatic carbocycles. The molecule has 10 heteroatoms. The molecule has 0 bridgehead atoms. The first kappa shape index (κ1) is 21.2. The fourth-order valence-electron chi connectivity index (χ4n) is 2.84. The minimum Gasteiger partial charge on any atom is -0.491 e. The van der Waals surface area contributed by atoms with Crippen LogP contribution in [-0.2, 0) is 0 Å². The lowest BCUT2D eigenvalue weighted by molar-refractivity contribution is -0.846. The van der Waals surface area contributed by atoms with Crippen LogP contribution >= 0.6 is 0 Å². The summed E-state index contributed by atoms with van der Waals surface area (Å²) in [6.07, 6.45) is 0. The van der Waals surface area contributed by atoms with E-state index in [9.17, 15) is 17.3 Å². The first-order valence-electron chi connectivity index (χ1n) is 9.00. The van der Waals surface area contributed by atoms with E-state index in [1.807, 2.05) is 90.0 Å². The summed E-state index contributed by atoms with van der Waals surface area (Å²) in [5.74, 6) is 1.60. The molecule has 1 unspecified atom stereocenters. The third kappa shape index (κ3) is 5.51. The lowest BCUT2D eigenvalue weighted by Crippen LogP contribution is -3.10. The second kappa shape index (κ2) is 9.32. The van der Waals surface area contributed by atoms with Crippen LogP contribution < -0.4 is 20.4 Å². The van der Waals surface area contributed by atoms with E-state index in [1.165, 1.54) is 0 Å². The molecule has 0 amide bonds. The monoisotopic (exact) mass is 418 g/mol. The molecular weight excluding hydrogens is 399 g/mol. The number of anilines is 1. The van der Waals surface area contributed by atoms with Crippen LogP contribution in [0.2, 0.25) is 0 Å². The normalized spacial score (nSPS) is 15.6. The molecule has 0 aromatic heterocycles. The van der Waals surface area contributed by atoms with Crippen LogP contribution in [0.4, 0.5) is 28.6 Å². The number of halogens is 4. The lowest BCUT2D eigenvalue weighted by Gasteiger charge is -2.22. The third-order valence-electron chi connectivity index (χ3n) is 4.06. The van der Waals surface area contributed by atoms with Gasteiger partial charge in [0.1, 0.15) is 5.69 Å². The van der Waals surface area contributed by atoms with Crippen molar-refractivity contribution in [3.63, 3.8) is 0 Å². The molecule has 0 fully saturated rings. The maximum atomic E-state index is 9.75. The minimum atomic E-state index is -6.00. The molecule has 30 heavy (non-hydrogen) atoms. The second-order valence-corrected chi connectivity index (χ2v) is 6.13. The van der Waals surface area contributed by atoms with E-state index >= 15 is 0 Å². The lowest BCUT2D eigenvalue weighted by atomic mass is 10.2. The number of benzene rings is 3. The number of nitrogens with one attached hydrogen (secondary N) is 2. The fraction of sp³-hybridized carbons (Fsp3) is 0.0500. The maximum absolute atomic E-state index is 9.75. The van der Waals surface area contributed by atoms with Gasteiger partial charge in [-0.2, -0.15) is 0 Å². The molecule has 156 valence electrons. The standard InChI is InChI=1S/C20H18N4O.BF4/c1-25-19-15-9-8-14-18(19)24-22-20(16-10-4-2-5-11-16)21-23(24)17-12-6-3-7-13-17;2-1(3,4)5/h2-15H,1H3,(H,21,22);/q;-1/p+1. The molecule has 3 aromatic rings. The maximum Gasteiger partial charge on any atom is 0.673 e. The summed E-state index contributed by atoms with van der Waals surface area (Å²) in [6.45, 7) is 0. The number of hydrazine groups is 1. The van der Waals surface area contributed by atoms with Crippen LogP contribution in [0.25, 0.3) is 0 Å². The zero-order valence-corrected chi connectivity index (χ0v) is 16.0. The fourth-order valence-corrected chi connectivity index (χ4v) is 2.84. The van der Waals surface area contributed by atoms with E-state index in [4.69, 9.17) is 9.84 Å². The number of methoxy groups -OCH3 is 1. The molecule has 1 aliphatic heterocycles. The van der Waals surface area contributed by atoms with Gasteiger partial charge >= 0.3 is 7.25 Å². The molecule has 1 heterocycles. The van der Waals surface area contributed by atoms with Gasteiger partial charge in [0, 0.05) is 11.6 Å². The van der Waals surface area contributed by atoms with Crippen molar-refractivity contribution in [1.29, 1.82) is 0 Å². The van der Waals surface area contributed by atoms with E-state index in [0.29, 0.717) is 0 Å². The quantitative estimate of drug-likeness (QED) is 0.500. The number of hydrogen-bond donors (Lipinski definition) is 2. The van der Waals surface area contributed by atoms with Crippen molar-refractivity contribution in [3.05, 3.63) is 90.5 Å². The van der Waals surface area contributed by atoms with Crippen molar-refractivity contribution in [3.8, 4) is 5.75 Å². The first-order chi connectivity index (χ1) is 14.4. The first-order valence-corrected chi connectivity index (χ1v) is 9.00. The van der Waals surface area contributed by atoms with Crippen LogP contribution in [0.15, 0.2) is 90.0 Å². The predicted octanol–water partition coefficient (Wildman–Crippen LogP) is 3.81. The van der Waals surface area contributed by atoms with Gasteiger partial charge in [0.2, 0.25) is 11.5 Å². The zero-order valence-electron chi connectivity index (χ0n) is 16.0. The summed E-state index contributed by atoms with van der Waals surface area (Å²) in [6, 6.07) is 28.1. The van der Waals surface area contributed by atoms with Gasteiger partial charge in [0.25, 0.3) is 0 Å². The van der Waals surface area contributed by atoms with Crippen molar-refractivity contribution >= 4 is 24.5 Å². The van der Waals surface area contributed by atoms with Gasteiger partial charge in [-0.25, -0.2) is 5.43 Å². The molecule has 5 nitrogen and oxygen atoms in total. The van der Waals surface area contributed by atoms with Crippen molar-refractivity contribution < 1.29 is 27.1 Å². The molecule has 0 saturated heterocycles. The van der Waals surface area contributed by atoms with Crippen molar-refractivity contribution in [2.24, 2.45) is 5.10 Å². The molecular formula is C20H19BF4N4O. The summed E-state index contributed by atoms with van der Waals surface area (Å²) < 4.78 is 44.5. The predicted molar refractivity (Wildman–Crippen MR) is 109 cm³/mol. The minimum absolute atomic E-state index is 0.790. The second-order valence-electron chi connectivity index (χ2n) is 6.13. The number of ether oxygens (including phenoxy) is 1. The Hall–Kier alpha value is -3.53. The number of hydrogen-bond acceptors (Lipinski definition) is 4. The highest BCUT2D eigenvalue weighted by Gasteiger charge is 2.34. The van der Waals surface area contributed by atoms with Gasteiger partial charge < -0.3 is 22.0 Å². The molecule has 0 saturated carbocycles. The van der Waals surface area contributed by atoms with E-state index < -0.39 is 7.25 Å². The Kier molecular flexibility index (Phi) is 6.58. The number of quaternary nitrogens is 1. The summed E-state index contributed by atoms with van der Waals surface area (Å²) in [7, 11) is -4.32. The highest BCUT2D eigenvalue weighted by Crippen LogP contribution is 2.22. The summed E-state index contributed by atoms with van der Waals surface area (Å²) >= 11 is 0. The van der Waals surface area contributed by atoms with Crippen molar-refractivity contribution in [2.45, 2.75) is 0 Å². The average Bonchev–Trinajstić information content (AvgIpc) is 3.19. The van der Waals surface area contributed by atoms with Crippen molar-refractivity contribution in [1.82, 2.24) is 5.43 Å². The Morgan fingerprint density at radius 1 is 0.833 bits per heavy atom. The highest BCUT2D eigenvalue weighted by molar-refractivity contribution is 6.50. The molecule has 1 aliphatic rings. The summed E-state index contributed by atoms with van der Waals surface area (Å²) in [5.41, 5.74) is 6.40. The number of para-hydroxylation sites is 2. The smallest absolute Gasteiger partial charge is 0.491 e.